The molecule has 0 bridgehead atoms. The van der Waals surface area contributed by atoms with Crippen molar-refractivity contribution in [3.05, 3.63) is 54.6 Å². The Kier molecular flexibility index (Phi) is 3.33. The zero-order chi connectivity index (χ0) is 13.1. The largest absolute Gasteiger partial charge is 0.485 e. The van der Waals surface area contributed by atoms with E-state index in [9.17, 15) is 4.79 Å². The zero-order valence-electron chi connectivity index (χ0n) is 10.1. The summed E-state index contributed by atoms with van der Waals surface area (Å²) in [5, 5.41) is 10.9. The van der Waals surface area contributed by atoms with Crippen molar-refractivity contribution in [1.29, 1.82) is 0 Å². The number of benzene rings is 2. The summed E-state index contributed by atoms with van der Waals surface area (Å²) in [5.41, 5.74) is 0.0444. The van der Waals surface area contributed by atoms with E-state index in [0.717, 1.165) is 10.8 Å². The fraction of sp³-hybridized carbons (Fsp3) is 0.133. The molecule has 0 aliphatic carbocycles. The third-order valence-electron chi connectivity index (χ3n) is 2.82. The molecule has 0 heterocycles. The number of rotatable bonds is 4. The van der Waals surface area contributed by atoms with Gasteiger partial charge in [0.15, 0.2) is 0 Å². The summed E-state index contributed by atoms with van der Waals surface area (Å²) in [5.74, 6) is -0.370. The topological polar surface area (TPSA) is 46.5 Å². The van der Waals surface area contributed by atoms with Crippen LogP contribution in [-0.2, 0) is 4.79 Å². The summed E-state index contributed by atoms with van der Waals surface area (Å²) < 4.78 is 5.67. The third kappa shape index (κ3) is 2.35. The van der Waals surface area contributed by atoms with Gasteiger partial charge in [0, 0.05) is 5.39 Å². The first kappa shape index (κ1) is 12.2. The van der Waals surface area contributed by atoms with E-state index in [-0.39, 0.29) is 5.57 Å². The molecule has 0 aliphatic rings. The fourth-order valence-corrected chi connectivity index (χ4v) is 1.73. The molecular weight excluding hydrogens is 228 g/mol. The number of carboxylic acids is 1. The van der Waals surface area contributed by atoms with Crippen LogP contribution >= 0.6 is 0 Å². The Bertz CT molecular complexity index is 596. The minimum absolute atomic E-state index is 0.0444. The molecule has 0 spiro atoms. The first-order chi connectivity index (χ1) is 8.59. The lowest BCUT2D eigenvalue weighted by atomic mass is 10.1. The number of hydrogen-bond acceptors (Lipinski definition) is 2. The molecule has 0 fully saturated rings. The van der Waals surface area contributed by atoms with Crippen LogP contribution in [0.3, 0.4) is 0 Å². The third-order valence-corrected chi connectivity index (χ3v) is 2.82. The molecule has 92 valence electrons. The maximum absolute atomic E-state index is 10.8. The molecule has 18 heavy (non-hydrogen) atoms. The van der Waals surface area contributed by atoms with Crippen molar-refractivity contribution in [2.45, 2.75) is 13.0 Å². The van der Waals surface area contributed by atoms with Crippen LogP contribution in [0, 0.1) is 0 Å². The van der Waals surface area contributed by atoms with Gasteiger partial charge in [-0.1, -0.05) is 43.0 Å². The normalized spacial score (nSPS) is 12.1. The fourth-order valence-electron chi connectivity index (χ4n) is 1.73. The highest BCUT2D eigenvalue weighted by Crippen LogP contribution is 2.26. The molecule has 1 atom stereocenters. The maximum atomic E-state index is 10.8. The molecule has 0 aliphatic heterocycles. The van der Waals surface area contributed by atoms with Crippen molar-refractivity contribution in [3.63, 3.8) is 0 Å². The minimum atomic E-state index is -1.04. The quantitative estimate of drug-likeness (QED) is 0.837. The lowest BCUT2D eigenvalue weighted by molar-refractivity contribution is -0.133. The molecular formula is C15H14O3. The van der Waals surface area contributed by atoms with Gasteiger partial charge in [0.2, 0.25) is 0 Å². The van der Waals surface area contributed by atoms with Gasteiger partial charge >= 0.3 is 5.97 Å². The Morgan fingerprint density at radius 2 is 1.89 bits per heavy atom. The molecule has 0 aromatic heterocycles. The Morgan fingerprint density at radius 1 is 1.22 bits per heavy atom. The number of aliphatic carboxylic acids is 1. The van der Waals surface area contributed by atoms with Crippen LogP contribution in [0.25, 0.3) is 10.8 Å². The second-order valence-electron chi connectivity index (χ2n) is 4.07. The highest BCUT2D eigenvalue weighted by atomic mass is 16.5. The Balaban J connectivity index is 2.32. The van der Waals surface area contributed by atoms with Crippen LogP contribution in [0.5, 0.6) is 5.75 Å². The van der Waals surface area contributed by atoms with Crippen molar-refractivity contribution >= 4 is 16.7 Å². The molecule has 1 unspecified atom stereocenters. The number of carbonyl (C=O) groups is 1. The van der Waals surface area contributed by atoms with E-state index in [0.29, 0.717) is 5.75 Å². The van der Waals surface area contributed by atoms with Crippen molar-refractivity contribution in [1.82, 2.24) is 0 Å². The number of fused-ring (bicyclic) bond motifs is 1. The van der Waals surface area contributed by atoms with Crippen molar-refractivity contribution in [2.75, 3.05) is 0 Å². The first-order valence-corrected chi connectivity index (χ1v) is 5.66. The van der Waals surface area contributed by atoms with Gasteiger partial charge in [0.1, 0.15) is 11.9 Å². The lowest BCUT2D eigenvalue weighted by Crippen LogP contribution is -2.20. The number of ether oxygens (including phenoxy) is 1. The Hall–Kier alpha value is -2.29. The van der Waals surface area contributed by atoms with Crippen molar-refractivity contribution in [2.24, 2.45) is 0 Å². The van der Waals surface area contributed by atoms with Gasteiger partial charge < -0.3 is 9.84 Å². The minimum Gasteiger partial charge on any atom is -0.485 e. The second-order valence-corrected chi connectivity index (χ2v) is 4.07. The highest BCUT2D eigenvalue weighted by molar-refractivity contribution is 5.89. The summed E-state index contributed by atoms with van der Waals surface area (Å²) in [6.45, 7) is 5.18. The summed E-state index contributed by atoms with van der Waals surface area (Å²) in [6, 6.07) is 13.5. The molecule has 0 saturated carbocycles. The standard InChI is InChI=1S/C15H14O3/c1-10(15(16)17)11(2)18-14-9-5-7-12-6-3-4-8-13(12)14/h3-9,11H,1H2,2H3,(H,16,17). The van der Waals surface area contributed by atoms with E-state index in [1.165, 1.54) is 0 Å². The van der Waals surface area contributed by atoms with E-state index in [2.05, 4.69) is 6.58 Å². The van der Waals surface area contributed by atoms with Crippen LogP contribution in [0.1, 0.15) is 6.92 Å². The Labute approximate surface area is 105 Å². The van der Waals surface area contributed by atoms with Gasteiger partial charge in [-0.15, -0.1) is 0 Å². The molecule has 2 aromatic carbocycles. The van der Waals surface area contributed by atoms with Crippen LogP contribution in [-0.4, -0.2) is 17.2 Å². The highest BCUT2D eigenvalue weighted by Gasteiger charge is 2.15. The lowest BCUT2D eigenvalue weighted by Gasteiger charge is -2.16. The summed E-state index contributed by atoms with van der Waals surface area (Å²) in [4.78, 5) is 10.8. The first-order valence-electron chi connectivity index (χ1n) is 5.66. The maximum Gasteiger partial charge on any atom is 0.334 e. The SMILES string of the molecule is C=C(C(=O)O)C(C)Oc1cccc2ccccc12. The van der Waals surface area contributed by atoms with E-state index < -0.39 is 12.1 Å². The van der Waals surface area contributed by atoms with Gasteiger partial charge in [-0.25, -0.2) is 4.79 Å². The van der Waals surface area contributed by atoms with E-state index in [1.807, 2.05) is 42.5 Å². The molecule has 3 nitrogen and oxygen atoms in total. The Morgan fingerprint density at radius 3 is 2.61 bits per heavy atom. The average molecular weight is 242 g/mol. The van der Waals surface area contributed by atoms with E-state index in [1.54, 1.807) is 6.92 Å². The van der Waals surface area contributed by atoms with Crippen LogP contribution in [0.15, 0.2) is 54.6 Å². The van der Waals surface area contributed by atoms with Gasteiger partial charge in [0.25, 0.3) is 0 Å². The van der Waals surface area contributed by atoms with E-state index in [4.69, 9.17) is 9.84 Å². The average Bonchev–Trinajstić information content (AvgIpc) is 2.38. The van der Waals surface area contributed by atoms with Crippen LogP contribution in [0.4, 0.5) is 0 Å². The predicted molar refractivity (Wildman–Crippen MR) is 70.8 cm³/mol. The van der Waals surface area contributed by atoms with Crippen molar-refractivity contribution < 1.29 is 14.6 Å². The summed E-state index contributed by atoms with van der Waals surface area (Å²) in [6.07, 6.45) is -0.562. The smallest absolute Gasteiger partial charge is 0.334 e. The summed E-state index contributed by atoms with van der Waals surface area (Å²) >= 11 is 0. The molecule has 2 rings (SSSR count). The number of carboxylic acid groups (broad SMARTS) is 1. The van der Waals surface area contributed by atoms with Crippen molar-refractivity contribution in [3.8, 4) is 5.75 Å². The van der Waals surface area contributed by atoms with Gasteiger partial charge in [-0.2, -0.15) is 0 Å². The van der Waals surface area contributed by atoms with Crippen LogP contribution in [0.2, 0.25) is 0 Å². The predicted octanol–water partition coefficient (Wildman–Crippen LogP) is 3.25. The van der Waals surface area contributed by atoms with Gasteiger partial charge in [-0.05, 0) is 18.4 Å². The van der Waals surface area contributed by atoms with E-state index >= 15 is 0 Å². The molecule has 0 radical (unpaired) electrons. The molecule has 0 saturated heterocycles. The van der Waals surface area contributed by atoms with Gasteiger partial charge in [-0.3, -0.25) is 0 Å². The van der Waals surface area contributed by atoms with Crippen LogP contribution < -0.4 is 4.74 Å². The second kappa shape index (κ2) is 4.92. The molecule has 3 heteroatoms. The monoisotopic (exact) mass is 242 g/mol. The molecule has 0 amide bonds. The zero-order valence-corrected chi connectivity index (χ0v) is 10.1. The number of hydrogen-bond donors (Lipinski definition) is 1. The summed E-state index contributed by atoms with van der Waals surface area (Å²) in [7, 11) is 0. The molecule has 1 N–H and O–H groups in total. The van der Waals surface area contributed by atoms with Gasteiger partial charge in [0.05, 0.1) is 5.57 Å². The molecule has 2 aromatic rings.